The summed E-state index contributed by atoms with van der Waals surface area (Å²) in [5.41, 5.74) is 0.470. The summed E-state index contributed by atoms with van der Waals surface area (Å²) in [5.74, 6) is 1.26. The van der Waals surface area contributed by atoms with Crippen molar-refractivity contribution in [3.63, 3.8) is 0 Å². The largest absolute Gasteiger partial charge is 0.490 e. The average molecular weight is 341 g/mol. The minimum absolute atomic E-state index is 0.00184. The SMILES string of the molecule is CCOc1ccc(C(=O)NCC2CCS(=O)(=O)C2)cc1OCC. The second kappa shape index (κ2) is 7.68. The van der Waals surface area contributed by atoms with E-state index >= 15 is 0 Å². The molecule has 1 atom stereocenters. The number of sulfone groups is 1. The van der Waals surface area contributed by atoms with Gasteiger partial charge in [-0.15, -0.1) is 0 Å². The first-order valence-electron chi connectivity index (χ1n) is 7.83. The number of nitrogens with one attached hydrogen (secondary N) is 1. The van der Waals surface area contributed by atoms with Crippen LogP contribution in [0.4, 0.5) is 0 Å². The van der Waals surface area contributed by atoms with Crippen molar-refractivity contribution in [1.29, 1.82) is 0 Å². The van der Waals surface area contributed by atoms with E-state index in [4.69, 9.17) is 9.47 Å². The van der Waals surface area contributed by atoms with Crippen molar-refractivity contribution in [3.8, 4) is 11.5 Å². The molecule has 1 N–H and O–H groups in total. The Morgan fingerprint density at radius 3 is 2.52 bits per heavy atom. The van der Waals surface area contributed by atoms with Gasteiger partial charge in [0.05, 0.1) is 24.7 Å². The third-order valence-corrected chi connectivity index (χ3v) is 5.52. The molecule has 1 aliphatic rings. The second-order valence-corrected chi connectivity index (χ2v) is 7.74. The van der Waals surface area contributed by atoms with Gasteiger partial charge in [0.2, 0.25) is 0 Å². The molecule has 128 valence electrons. The maximum atomic E-state index is 12.2. The summed E-state index contributed by atoms with van der Waals surface area (Å²) in [5, 5.41) is 2.80. The van der Waals surface area contributed by atoms with Crippen LogP contribution in [-0.4, -0.2) is 45.6 Å². The number of hydrogen-bond donors (Lipinski definition) is 1. The zero-order valence-corrected chi connectivity index (χ0v) is 14.3. The van der Waals surface area contributed by atoms with Crippen molar-refractivity contribution in [3.05, 3.63) is 23.8 Å². The summed E-state index contributed by atoms with van der Waals surface area (Å²) in [6.45, 7) is 5.11. The van der Waals surface area contributed by atoms with Crippen molar-refractivity contribution in [1.82, 2.24) is 5.32 Å². The molecule has 23 heavy (non-hydrogen) atoms. The molecule has 0 spiro atoms. The first-order valence-corrected chi connectivity index (χ1v) is 9.65. The standard InChI is InChI=1S/C16H23NO5S/c1-3-21-14-6-5-13(9-15(14)22-4-2)16(18)17-10-12-7-8-23(19,20)11-12/h5-6,9,12H,3-4,7-8,10-11H2,1-2H3,(H,17,18). The highest BCUT2D eigenvalue weighted by Crippen LogP contribution is 2.28. The van der Waals surface area contributed by atoms with E-state index in [2.05, 4.69) is 5.32 Å². The molecule has 0 saturated carbocycles. The molecular formula is C16H23NO5S. The van der Waals surface area contributed by atoms with Crippen LogP contribution >= 0.6 is 0 Å². The van der Waals surface area contributed by atoms with Gasteiger partial charge in [-0.3, -0.25) is 4.79 Å². The second-order valence-electron chi connectivity index (χ2n) is 5.51. The van der Waals surface area contributed by atoms with Crippen LogP contribution < -0.4 is 14.8 Å². The molecule has 1 fully saturated rings. The van der Waals surface area contributed by atoms with Crippen LogP contribution in [0.2, 0.25) is 0 Å². The topological polar surface area (TPSA) is 81.7 Å². The molecule has 0 aliphatic carbocycles. The molecule has 1 aromatic rings. The average Bonchev–Trinajstić information content (AvgIpc) is 2.86. The first kappa shape index (κ1) is 17.6. The lowest BCUT2D eigenvalue weighted by molar-refractivity contribution is 0.0948. The molecule has 0 aromatic heterocycles. The predicted octanol–water partition coefficient (Wildman–Crippen LogP) is 1.65. The van der Waals surface area contributed by atoms with Crippen molar-refractivity contribution in [2.45, 2.75) is 20.3 Å². The molecule has 0 bridgehead atoms. The lowest BCUT2D eigenvalue weighted by Crippen LogP contribution is -2.29. The summed E-state index contributed by atoms with van der Waals surface area (Å²) in [7, 11) is -2.92. The smallest absolute Gasteiger partial charge is 0.251 e. The van der Waals surface area contributed by atoms with E-state index in [-0.39, 0.29) is 23.3 Å². The van der Waals surface area contributed by atoms with Gasteiger partial charge in [0.15, 0.2) is 21.3 Å². The lowest BCUT2D eigenvalue weighted by atomic mass is 10.1. The molecule has 2 rings (SSSR count). The van der Waals surface area contributed by atoms with Crippen LogP contribution in [0.15, 0.2) is 18.2 Å². The zero-order chi connectivity index (χ0) is 16.9. The van der Waals surface area contributed by atoms with E-state index in [0.29, 0.717) is 43.2 Å². The van der Waals surface area contributed by atoms with Gasteiger partial charge in [-0.05, 0) is 44.4 Å². The molecule has 6 nitrogen and oxygen atoms in total. The highest BCUT2D eigenvalue weighted by molar-refractivity contribution is 7.91. The number of rotatable bonds is 7. The molecule has 1 heterocycles. The summed E-state index contributed by atoms with van der Waals surface area (Å²) in [6.07, 6.45) is 0.607. The van der Waals surface area contributed by atoms with Gasteiger partial charge < -0.3 is 14.8 Å². The quantitative estimate of drug-likeness (QED) is 0.815. The van der Waals surface area contributed by atoms with Gasteiger partial charge in [0.1, 0.15) is 0 Å². The van der Waals surface area contributed by atoms with Gasteiger partial charge >= 0.3 is 0 Å². The Morgan fingerprint density at radius 1 is 1.22 bits per heavy atom. The molecule has 1 saturated heterocycles. The Labute approximate surface area is 137 Å². The van der Waals surface area contributed by atoms with Crippen molar-refractivity contribution in [2.24, 2.45) is 5.92 Å². The van der Waals surface area contributed by atoms with Crippen LogP contribution in [0.5, 0.6) is 11.5 Å². The van der Waals surface area contributed by atoms with Gasteiger partial charge in [-0.2, -0.15) is 0 Å². The number of ether oxygens (including phenoxy) is 2. The Kier molecular flexibility index (Phi) is 5.87. The maximum Gasteiger partial charge on any atom is 0.251 e. The van der Waals surface area contributed by atoms with Crippen molar-refractivity contribution in [2.75, 3.05) is 31.3 Å². The number of amides is 1. The molecule has 0 radical (unpaired) electrons. The van der Waals surface area contributed by atoms with Crippen LogP contribution in [-0.2, 0) is 9.84 Å². The fraction of sp³-hybridized carbons (Fsp3) is 0.562. The molecule has 1 amide bonds. The fourth-order valence-corrected chi connectivity index (χ4v) is 4.43. The van der Waals surface area contributed by atoms with E-state index in [0.717, 1.165) is 0 Å². The molecule has 1 unspecified atom stereocenters. The number of benzene rings is 1. The van der Waals surface area contributed by atoms with E-state index < -0.39 is 9.84 Å². The number of hydrogen-bond acceptors (Lipinski definition) is 5. The summed E-state index contributed by atoms with van der Waals surface area (Å²) >= 11 is 0. The molecular weight excluding hydrogens is 318 g/mol. The normalized spacial score (nSPS) is 19.3. The van der Waals surface area contributed by atoms with E-state index in [1.165, 1.54) is 0 Å². The summed E-state index contributed by atoms with van der Waals surface area (Å²) < 4.78 is 33.8. The minimum Gasteiger partial charge on any atom is -0.490 e. The summed E-state index contributed by atoms with van der Waals surface area (Å²) in [4.78, 5) is 12.2. The van der Waals surface area contributed by atoms with Crippen molar-refractivity contribution >= 4 is 15.7 Å². The Balaban J connectivity index is 2.00. The lowest BCUT2D eigenvalue weighted by Gasteiger charge is -2.13. The van der Waals surface area contributed by atoms with Gasteiger partial charge in [0, 0.05) is 12.1 Å². The minimum atomic E-state index is -2.92. The Bertz CT molecular complexity index is 656. The van der Waals surface area contributed by atoms with E-state index in [1.54, 1.807) is 18.2 Å². The Hall–Kier alpha value is -1.76. The van der Waals surface area contributed by atoms with Crippen molar-refractivity contribution < 1.29 is 22.7 Å². The fourth-order valence-electron chi connectivity index (χ4n) is 2.56. The predicted molar refractivity (Wildman–Crippen MR) is 87.9 cm³/mol. The molecule has 1 aromatic carbocycles. The van der Waals surface area contributed by atoms with Crippen LogP contribution in [0.3, 0.4) is 0 Å². The highest BCUT2D eigenvalue weighted by atomic mass is 32.2. The highest BCUT2D eigenvalue weighted by Gasteiger charge is 2.28. The van der Waals surface area contributed by atoms with Crippen LogP contribution in [0.1, 0.15) is 30.6 Å². The van der Waals surface area contributed by atoms with E-state index in [9.17, 15) is 13.2 Å². The molecule has 7 heteroatoms. The van der Waals surface area contributed by atoms with Crippen LogP contribution in [0.25, 0.3) is 0 Å². The van der Waals surface area contributed by atoms with Gasteiger partial charge in [-0.1, -0.05) is 0 Å². The van der Waals surface area contributed by atoms with Gasteiger partial charge in [0.25, 0.3) is 5.91 Å². The third-order valence-electron chi connectivity index (χ3n) is 3.68. The maximum absolute atomic E-state index is 12.2. The first-order chi connectivity index (χ1) is 10.9. The third kappa shape index (κ3) is 4.86. The molecule has 1 aliphatic heterocycles. The van der Waals surface area contributed by atoms with E-state index in [1.807, 2.05) is 13.8 Å². The number of carbonyl (C=O) groups is 1. The van der Waals surface area contributed by atoms with Crippen LogP contribution in [0, 0.1) is 5.92 Å². The Morgan fingerprint density at radius 2 is 1.91 bits per heavy atom. The van der Waals surface area contributed by atoms with Gasteiger partial charge in [-0.25, -0.2) is 8.42 Å². The summed E-state index contributed by atoms with van der Waals surface area (Å²) in [6, 6.07) is 5.03. The zero-order valence-electron chi connectivity index (χ0n) is 13.5. The number of carbonyl (C=O) groups excluding carboxylic acids is 1. The monoisotopic (exact) mass is 341 g/mol.